The van der Waals surface area contributed by atoms with Crippen LogP contribution in [0, 0.1) is 0 Å². The van der Waals surface area contributed by atoms with Crippen molar-refractivity contribution >= 4 is 23.4 Å². The second-order valence-corrected chi connectivity index (χ2v) is 3.57. The van der Waals surface area contributed by atoms with Gasteiger partial charge >= 0.3 is 0 Å². The van der Waals surface area contributed by atoms with Gasteiger partial charge in [0.15, 0.2) is 0 Å². The summed E-state index contributed by atoms with van der Waals surface area (Å²) in [6, 6.07) is 0.256. The summed E-state index contributed by atoms with van der Waals surface area (Å²) in [4.78, 5) is 0. The summed E-state index contributed by atoms with van der Waals surface area (Å²) < 4.78 is 0. The molecular formula is C6H12ClNS. The molecule has 0 saturated heterocycles. The van der Waals surface area contributed by atoms with E-state index in [1.165, 1.54) is 0 Å². The van der Waals surface area contributed by atoms with Gasteiger partial charge in [0, 0.05) is 22.6 Å². The predicted octanol–water partition coefficient (Wildman–Crippen LogP) is 1.82. The van der Waals surface area contributed by atoms with E-state index in [0.717, 1.165) is 11.5 Å². The minimum Gasteiger partial charge on any atom is -0.327 e. The van der Waals surface area contributed by atoms with E-state index in [4.69, 9.17) is 17.3 Å². The fraction of sp³-hybridized carbons (Fsp3) is 0.667. The third kappa shape index (κ3) is 8.34. The molecule has 1 nitrogen and oxygen atoms in total. The summed E-state index contributed by atoms with van der Waals surface area (Å²) in [7, 11) is 0. The van der Waals surface area contributed by atoms with E-state index in [2.05, 4.69) is 6.58 Å². The van der Waals surface area contributed by atoms with Crippen LogP contribution in [-0.2, 0) is 0 Å². The van der Waals surface area contributed by atoms with Crippen LogP contribution < -0.4 is 5.73 Å². The van der Waals surface area contributed by atoms with Crippen LogP contribution in [-0.4, -0.2) is 17.5 Å². The normalized spacial score (nSPS) is 13.2. The topological polar surface area (TPSA) is 26.0 Å². The van der Waals surface area contributed by atoms with Crippen LogP contribution in [0.1, 0.15) is 6.92 Å². The van der Waals surface area contributed by atoms with Crippen LogP contribution in [0.2, 0.25) is 0 Å². The summed E-state index contributed by atoms with van der Waals surface area (Å²) in [6.45, 7) is 5.53. The molecule has 0 aromatic carbocycles. The largest absolute Gasteiger partial charge is 0.327 e. The molecule has 0 aliphatic rings. The van der Waals surface area contributed by atoms with Crippen molar-refractivity contribution in [1.82, 2.24) is 0 Å². The fourth-order valence-corrected chi connectivity index (χ4v) is 1.30. The number of thioether (sulfide) groups is 1. The van der Waals surface area contributed by atoms with Gasteiger partial charge in [-0.2, -0.15) is 11.8 Å². The molecule has 0 heterocycles. The van der Waals surface area contributed by atoms with Gasteiger partial charge < -0.3 is 5.73 Å². The molecule has 9 heavy (non-hydrogen) atoms. The molecule has 0 aromatic heterocycles. The van der Waals surface area contributed by atoms with E-state index in [-0.39, 0.29) is 6.04 Å². The first-order valence-corrected chi connectivity index (χ1v) is 4.33. The van der Waals surface area contributed by atoms with E-state index >= 15 is 0 Å². The highest BCUT2D eigenvalue weighted by molar-refractivity contribution is 7.99. The van der Waals surface area contributed by atoms with E-state index in [1.807, 2.05) is 6.92 Å². The maximum absolute atomic E-state index is 5.51. The fourth-order valence-electron chi connectivity index (χ4n) is 0.356. The smallest absolute Gasteiger partial charge is 0.0287 e. The molecule has 0 aliphatic heterocycles. The molecule has 0 fully saturated rings. The highest BCUT2D eigenvalue weighted by Crippen LogP contribution is 2.09. The maximum Gasteiger partial charge on any atom is 0.0287 e. The van der Waals surface area contributed by atoms with E-state index in [0.29, 0.717) is 5.03 Å². The van der Waals surface area contributed by atoms with Crippen LogP contribution in [0.25, 0.3) is 0 Å². The maximum atomic E-state index is 5.51. The lowest BCUT2D eigenvalue weighted by molar-refractivity contribution is 0.848. The Morgan fingerprint density at radius 3 is 2.78 bits per heavy atom. The molecule has 1 unspecified atom stereocenters. The second kappa shape index (κ2) is 5.15. The van der Waals surface area contributed by atoms with Gasteiger partial charge in [-0.25, -0.2) is 0 Å². The van der Waals surface area contributed by atoms with Gasteiger partial charge in [-0.1, -0.05) is 18.2 Å². The van der Waals surface area contributed by atoms with E-state index < -0.39 is 0 Å². The van der Waals surface area contributed by atoms with Crippen LogP contribution in [0.15, 0.2) is 11.6 Å². The third-order valence-corrected chi connectivity index (χ3v) is 2.25. The van der Waals surface area contributed by atoms with Crippen molar-refractivity contribution in [2.75, 3.05) is 11.5 Å². The lowest BCUT2D eigenvalue weighted by atomic mass is 10.4. The Balaban J connectivity index is 3.01. The minimum absolute atomic E-state index is 0.256. The molecule has 0 amide bonds. The number of hydrogen-bond donors (Lipinski definition) is 1. The zero-order valence-electron chi connectivity index (χ0n) is 5.56. The lowest BCUT2D eigenvalue weighted by Gasteiger charge is -2.01. The number of nitrogens with two attached hydrogens (primary N) is 1. The van der Waals surface area contributed by atoms with Gasteiger partial charge in [-0.05, 0) is 6.92 Å². The standard InChI is InChI=1S/C6H12ClNS/c1-5(7)3-9-4-6(2)8/h6H,1,3-4,8H2,2H3. The van der Waals surface area contributed by atoms with Crippen molar-refractivity contribution in [1.29, 1.82) is 0 Å². The van der Waals surface area contributed by atoms with Gasteiger partial charge in [-0.15, -0.1) is 0 Å². The first kappa shape index (κ1) is 9.34. The molecule has 0 bridgehead atoms. The summed E-state index contributed by atoms with van der Waals surface area (Å²) in [6.07, 6.45) is 0. The van der Waals surface area contributed by atoms with Gasteiger partial charge in [0.05, 0.1) is 0 Å². The molecule has 0 aromatic rings. The van der Waals surface area contributed by atoms with E-state index in [1.54, 1.807) is 11.8 Å². The Hall–Kier alpha value is 0.340. The number of rotatable bonds is 4. The van der Waals surface area contributed by atoms with Crippen molar-refractivity contribution in [2.24, 2.45) is 5.73 Å². The predicted molar refractivity (Wildman–Crippen MR) is 46.0 cm³/mol. The SMILES string of the molecule is C=C(Cl)CSCC(C)N. The summed E-state index contributed by atoms with van der Waals surface area (Å²) in [5, 5.41) is 0.695. The summed E-state index contributed by atoms with van der Waals surface area (Å²) in [5.74, 6) is 1.76. The third-order valence-electron chi connectivity index (χ3n) is 0.639. The molecule has 0 radical (unpaired) electrons. The van der Waals surface area contributed by atoms with Crippen LogP contribution >= 0.6 is 23.4 Å². The quantitative estimate of drug-likeness (QED) is 0.688. The number of hydrogen-bond acceptors (Lipinski definition) is 2. The van der Waals surface area contributed by atoms with E-state index in [9.17, 15) is 0 Å². The molecule has 0 saturated carbocycles. The summed E-state index contributed by atoms with van der Waals surface area (Å²) >= 11 is 7.22. The first-order valence-electron chi connectivity index (χ1n) is 2.79. The molecule has 1 atom stereocenters. The van der Waals surface area contributed by atoms with Crippen LogP contribution in [0.3, 0.4) is 0 Å². The average molecular weight is 166 g/mol. The highest BCUT2D eigenvalue weighted by atomic mass is 35.5. The Morgan fingerprint density at radius 2 is 2.44 bits per heavy atom. The highest BCUT2D eigenvalue weighted by Gasteiger charge is 1.93. The van der Waals surface area contributed by atoms with Crippen molar-refractivity contribution in [3.05, 3.63) is 11.6 Å². The Bertz CT molecular complexity index is 93.1. The minimum atomic E-state index is 0.256. The summed E-state index contributed by atoms with van der Waals surface area (Å²) in [5.41, 5.74) is 5.49. The second-order valence-electron chi connectivity index (χ2n) is 2.01. The molecule has 0 aliphatic carbocycles. The van der Waals surface area contributed by atoms with Gasteiger partial charge in [0.2, 0.25) is 0 Å². The van der Waals surface area contributed by atoms with Crippen molar-refractivity contribution in [3.63, 3.8) is 0 Å². The molecular weight excluding hydrogens is 154 g/mol. The van der Waals surface area contributed by atoms with Crippen LogP contribution in [0.5, 0.6) is 0 Å². The lowest BCUT2D eigenvalue weighted by Crippen LogP contribution is -2.17. The zero-order chi connectivity index (χ0) is 7.28. The Labute approximate surface area is 65.6 Å². The van der Waals surface area contributed by atoms with Crippen molar-refractivity contribution < 1.29 is 0 Å². The van der Waals surface area contributed by atoms with Crippen LogP contribution in [0.4, 0.5) is 0 Å². The van der Waals surface area contributed by atoms with Crippen molar-refractivity contribution in [3.8, 4) is 0 Å². The van der Waals surface area contributed by atoms with Gasteiger partial charge in [-0.3, -0.25) is 0 Å². The Kier molecular flexibility index (Phi) is 5.35. The first-order chi connectivity index (χ1) is 4.13. The Morgan fingerprint density at radius 1 is 1.89 bits per heavy atom. The monoisotopic (exact) mass is 165 g/mol. The molecule has 54 valence electrons. The molecule has 0 rings (SSSR count). The average Bonchev–Trinajstić information content (AvgIpc) is 1.63. The van der Waals surface area contributed by atoms with Gasteiger partial charge in [0.25, 0.3) is 0 Å². The zero-order valence-corrected chi connectivity index (χ0v) is 7.13. The molecule has 3 heteroatoms. The molecule has 2 N–H and O–H groups in total. The number of halogens is 1. The van der Waals surface area contributed by atoms with Crippen molar-refractivity contribution in [2.45, 2.75) is 13.0 Å². The molecule has 0 spiro atoms. The van der Waals surface area contributed by atoms with Gasteiger partial charge in [0.1, 0.15) is 0 Å².